The van der Waals surface area contributed by atoms with Crippen LogP contribution >= 0.6 is 11.6 Å². The molecule has 0 saturated heterocycles. The van der Waals surface area contributed by atoms with Crippen LogP contribution in [0.3, 0.4) is 0 Å². The number of sulfonamides is 1. The summed E-state index contributed by atoms with van der Waals surface area (Å²) >= 11 is 6.42. The number of nitrogens with zero attached hydrogens (tertiary/aromatic N) is 2. The van der Waals surface area contributed by atoms with Crippen LogP contribution in [-0.2, 0) is 26.2 Å². The Morgan fingerprint density at radius 1 is 0.947 bits per heavy atom. The minimum atomic E-state index is -4.16. The molecule has 0 spiro atoms. The van der Waals surface area contributed by atoms with Gasteiger partial charge in [-0.3, -0.25) is 13.9 Å². The first-order valence-corrected chi connectivity index (χ1v) is 14.4. The van der Waals surface area contributed by atoms with Crippen molar-refractivity contribution in [3.63, 3.8) is 0 Å². The van der Waals surface area contributed by atoms with E-state index in [1.54, 1.807) is 43.3 Å². The molecule has 0 aliphatic carbocycles. The second kappa shape index (κ2) is 13.4. The van der Waals surface area contributed by atoms with E-state index in [4.69, 9.17) is 11.6 Å². The first kappa shape index (κ1) is 29.2. The van der Waals surface area contributed by atoms with Gasteiger partial charge in [-0.25, -0.2) is 8.42 Å². The van der Waals surface area contributed by atoms with E-state index in [1.165, 1.54) is 17.0 Å². The zero-order chi connectivity index (χ0) is 27.7. The van der Waals surface area contributed by atoms with Crippen molar-refractivity contribution in [3.05, 3.63) is 95.0 Å². The second-order valence-electron chi connectivity index (χ2n) is 9.10. The first-order chi connectivity index (χ1) is 18.1. The van der Waals surface area contributed by atoms with Crippen molar-refractivity contribution in [1.82, 2.24) is 10.2 Å². The van der Waals surface area contributed by atoms with Crippen molar-refractivity contribution in [2.45, 2.75) is 51.1 Å². The molecule has 0 bridgehead atoms. The molecule has 0 aliphatic heterocycles. The van der Waals surface area contributed by atoms with Gasteiger partial charge in [0.1, 0.15) is 12.6 Å². The van der Waals surface area contributed by atoms with Crippen LogP contribution in [0.15, 0.2) is 83.8 Å². The number of hydrogen-bond acceptors (Lipinski definition) is 4. The third kappa shape index (κ3) is 7.36. The number of para-hydroxylation sites is 1. The Bertz CT molecular complexity index is 1330. The van der Waals surface area contributed by atoms with E-state index >= 15 is 0 Å². The molecular formula is C29H34ClN3O4S. The maximum absolute atomic E-state index is 13.8. The molecule has 9 heteroatoms. The predicted molar refractivity (Wildman–Crippen MR) is 152 cm³/mol. The normalized spacial score (nSPS) is 12.0. The Labute approximate surface area is 230 Å². The smallest absolute Gasteiger partial charge is 0.264 e. The third-order valence-electron chi connectivity index (χ3n) is 6.20. The number of rotatable bonds is 12. The van der Waals surface area contributed by atoms with Crippen LogP contribution in [0, 0.1) is 6.92 Å². The summed E-state index contributed by atoms with van der Waals surface area (Å²) < 4.78 is 28.6. The number of carbonyl (C=O) groups excluding carboxylic acids is 2. The van der Waals surface area contributed by atoms with Crippen molar-refractivity contribution in [2.75, 3.05) is 17.4 Å². The highest BCUT2D eigenvalue weighted by molar-refractivity contribution is 7.92. The summed E-state index contributed by atoms with van der Waals surface area (Å²) in [4.78, 5) is 28.2. The lowest BCUT2D eigenvalue weighted by Gasteiger charge is -2.32. The number of aryl methyl sites for hydroxylation is 1. The van der Waals surface area contributed by atoms with Crippen LogP contribution < -0.4 is 9.62 Å². The van der Waals surface area contributed by atoms with E-state index in [-0.39, 0.29) is 28.1 Å². The van der Waals surface area contributed by atoms with Gasteiger partial charge in [0.05, 0.1) is 15.6 Å². The quantitative estimate of drug-likeness (QED) is 0.312. The van der Waals surface area contributed by atoms with Gasteiger partial charge >= 0.3 is 0 Å². The molecule has 0 unspecified atom stereocenters. The van der Waals surface area contributed by atoms with Gasteiger partial charge < -0.3 is 10.2 Å². The number of carbonyl (C=O) groups is 2. The Balaban J connectivity index is 1.99. The molecule has 0 heterocycles. The molecule has 38 heavy (non-hydrogen) atoms. The summed E-state index contributed by atoms with van der Waals surface area (Å²) in [6.45, 7) is 5.65. The number of benzene rings is 3. The summed E-state index contributed by atoms with van der Waals surface area (Å²) in [7, 11) is -4.16. The van der Waals surface area contributed by atoms with E-state index in [0.29, 0.717) is 6.54 Å². The number of hydrogen-bond donors (Lipinski definition) is 1. The minimum absolute atomic E-state index is 0.0378. The third-order valence-corrected chi connectivity index (χ3v) is 8.30. The lowest BCUT2D eigenvalue weighted by molar-refractivity contribution is -0.139. The van der Waals surface area contributed by atoms with E-state index in [0.717, 1.165) is 28.3 Å². The van der Waals surface area contributed by atoms with Gasteiger partial charge in [0.2, 0.25) is 11.8 Å². The second-order valence-corrected chi connectivity index (χ2v) is 11.4. The predicted octanol–water partition coefficient (Wildman–Crippen LogP) is 5.18. The van der Waals surface area contributed by atoms with E-state index in [2.05, 4.69) is 5.32 Å². The maximum atomic E-state index is 13.8. The molecule has 1 atom stereocenters. The van der Waals surface area contributed by atoms with Crippen molar-refractivity contribution in [3.8, 4) is 0 Å². The zero-order valence-electron chi connectivity index (χ0n) is 21.9. The fraction of sp³-hybridized carbons (Fsp3) is 0.310. The number of amides is 2. The highest BCUT2D eigenvalue weighted by Gasteiger charge is 2.33. The minimum Gasteiger partial charge on any atom is -0.354 e. The van der Waals surface area contributed by atoms with Gasteiger partial charge in [-0.2, -0.15) is 0 Å². The van der Waals surface area contributed by atoms with Crippen LogP contribution in [-0.4, -0.2) is 44.3 Å². The summed E-state index contributed by atoms with van der Waals surface area (Å²) in [6.07, 6.45) is 1.74. The molecule has 7 nitrogen and oxygen atoms in total. The highest BCUT2D eigenvalue weighted by atomic mass is 35.5. The van der Waals surface area contributed by atoms with E-state index < -0.39 is 28.5 Å². The van der Waals surface area contributed by atoms with Gasteiger partial charge in [-0.05, 0) is 50.1 Å². The molecule has 2 amide bonds. The molecule has 3 aromatic rings. The Kier molecular flexibility index (Phi) is 10.3. The summed E-state index contributed by atoms with van der Waals surface area (Å²) in [5.74, 6) is -0.823. The van der Waals surface area contributed by atoms with Crippen LogP contribution in [0.4, 0.5) is 5.69 Å². The SMILES string of the molecule is CCCCNC(=O)[C@@H](C)N(Cc1ccccc1)C(=O)CN(c1ccccc1Cl)S(=O)(=O)c1ccc(C)cc1. The van der Waals surface area contributed by atoms with Gasteiger partial charge in [-0.1, -0.05) is 85.1 Å². The Morgan fingerprint density at radius 2 is 1.58 bits per heavy atom. The van der Waals surface area contributed by atoms with Crippen LogP contribution in [0.5, 0.6) is 0 Å². The highest BCUT2D eigenvalue weighted by Crippen LogP contribution is 2.30. The van der Waals surface area contributed by atoms with Gasteiger partial charge in [0, 0.05) is 13.1 Å². The Morgan fingerprint density at radius 3 is 2.21 bits per heavy atom. The molecular weight excluding hydrogens is 522 g/mol. The number of unbranched alkanes of at least 4 members (excludes halogenated alkanes) is 1. The van der Waals surface area contributed by atoms with Crippen molar-refractivity contribution >= 4 is 39.1 Å². The van der Waals surface area contributed by atoms with Crippen molar-refractivity contribution in [1.29, 1.82) is 0 Å². The fourth-order valence-corrected chi connectivity index (χ4v) is 5.62. The average Bonchev–Trinajstić information content (AvgIpc) is 2.91. The van der Waals surface area contributed by atoms with Crippen molar-refractivity contribution in [2.24, 2.45) is 0 Å². The molecule has 1 N–H and O–H groups in total. The number of nitrogens with one attached hydrogen (secondary N) is 1. The summed E-state index contributed by atoms with van der Waals surface area (Å²) in [5, 5.41) is 3.06. The van der Waals surface area contributed by atoms with Crippen LogP contribution in [0.25, 0.3) is 0 Å². The Hall–Kier alpha value is -3.36. The molecule has 0 aliphatic rings. The molecule has 0 radical (unpaired) electrons. The molecule has 0 aromatic heterocycles. The lowest BCUT2D eigenvalue weighted by atomic mass is 10.1. The molecule has 3 rings (SSSR count). The zero-order valence-corrected chi connectivity index (χ0v) is 23.5. The monoisotopic (exact) mass is 555 g/mol. The average molecular weight is 556 g/mol. The number of halogens is 1. The summed E-state index contributed by atoms with van der Waals surface area (Å²) in [5.41, 5.74) is 1.91. The summed E-state index contributed by atoms with van der Waals surface area (Å²) in [6, 6.07) is 21.3. The van der Waals surface area contributed by atoms with Gasteiger partial charge in [0.15, 0.2) is 0 Å². The van der Waals surface area contributed by atoms with Gasteiger partial charge in [0.25, 0.3) is 10.0 Å². The topological polar surface area (TPSA) is 86.8 Å². The van der Waals surface area contributed by atoms with Crippen molar-refractivity contribution < 1.29 is 18.0 Å². The van der Waals surface area contributed by atoms with Gasteiger partial charge in [-0.15, -0.1) is 0 Å². The van der Waals surface area contributed by atoms with E-state index in [1.807, 2.05) is 44.2 Å². The van der Waals surface area contributed by atoms with Crippen LogP contribution in [0.2, 0.25) is 5.02 Å². The van der Waals surface area contributed by atoms with E-state index in [9.17, 15) is 18.0 Å². The molecule has 202 valence electrons. The number of anilines is 1. The largest absolute Gasteiger partial charge is 0.354 e. The van der Waals surface area contributed by atoms with Crippen LogP contribution in [0.1, 0.15) is 37.8 Å². The first-order valence-electron chi connectivity index (χ1n) is 12.6. The molecule has 0 fully saturated rings. The fourth-order valence-electron chi connectivity index (χ4n) is 3.90. The maximum Gasteiger partial charge on any atom is 0.264 e. The molecule has 3 aromatic carbocycles. The molecule has 0 saturated carbocycles. The lowest BCUT2D eigenvalue weighted by Crippen LogP contribution is -2.51. The standard InChI is InChI=1S/C29H34ClN3O4S/c1-4-5-19-31-29(35)23(3)32(20-24-11-7-6-8-12-24)28(34)21-33(27-14-10-9-13-26(27)30)38(36,37)25-17-15-22(2)16-18-25/h6-18,23H,4-5,19-21H2,1-3H3,(H,31,35)/t23-/m1/s1.